The number of carbonyl (C=O) groups is 4. The first-order valence-electron chi connectivity index (χ1n) is 18.0. The quantitative estimate of drug-likeness (QED) is 0.0342. The minimum absolute atomic E-state index is 0.121. The smallest absolute Gasteiger partial charge is 0.426 e. The lowest BCUT2D eigenvalue weighted by Crippen LogP contribution is -2.55. The van der Waals surface area contributed by atoms with Crippen molar-refractivity contribution >= 4 is 36.7 Å². The normalized spacial score (nSPS) is 16.4. The highest BCUT2D eigenvalue weighted by Crippen LogP contribution is 2.34. The monoisotopic (exact) mass is 668 g/mol. The molecular formula is C35H57BN6O6. The molecule has 0 saturated heterocycles. The highest BCUT2D eigenvalue weighted by molar-refractivity contribution is 6.43. The van der Waals surface area contributed by atoms with Gasteiger partial charge in [-0.25, -0.2) is 0 Å². The van der Waals surface area contributed by atoms with Crippen molar-refractivity contribution in [2.45, 2.75) is 116 Å². The fraction of sp³-hybridized carbons (Fsp3) is 0.686. The Morgan fingerprint density at radius 3 is 2.08 bits per heavy atom. The van der Waals surface area contributed by atoms with E-state index in [4.69, 9.17) is 5.41 Å². The lowest BCUT2D eigenvalue weighted by molar-refractivity contribution is -0.132. The van der Waals surface area contributed by atoms with Crippen LogP contribution >= 0.6 is 0 Å². The number of benzene rings is 1. The largest absolute Gasteiger partial charge is 0.475 e. The number of hydrogen-bond donors (Lipinski definition) is 7. The minimum Gasteiger partial charge on any atom is -0.426 e. The van der Waals surface area contributed by atoms with Crippen LogP contribution in [0.3, 0.4) is 0 Å². The number of guanidine groups is 1. The van der Waals surface area contributed by atoms with Crippen molar-refractivity contribution in [2.24, 2.45) is 17.8 Å². The summed E-state index contributed by atoms with van der Waals surface area (Å²) < 4.78 is 0. The molecule has 3 atom stereocenters. The summed E-state index contributed by atoms with van der Waals surface area (Å²) in [5.74, 6) is -1.43. The van der Waals surface area contributed by atoms with E-state index in [0.717, 1.165) is 70.6 Å². The average Bonchev–Trinajstić information content (AvgIpc) is 3.67. The second-order valence-electron chi connectivity index (χ2n) is 13.8. The van der Waals surface area contributed by atoms with Crippen molar-refractivity contribution in [3.05, 3.63) is 35.4 Å². The summed E-state index contributed by atoms with van der Waals surface area (Å²) in [5, 5.41) is 38.9. The molecule has 4 amide bonds. The van der Waals surface area contributed by atoms with E-state index in [1.165, 1.54) is 4.90 Å². The lowest BCUT2D eigenvalue weighted by atomic mass is 9.75. The summed E-state index contributed by atoms with van der Waals surface area (Å²) in [4.78, 5) is 53.7. The standard InChI is InChI=1S/C35H57BN6O6/c1-24(2)23-30(36(47)48)41-32(44)29(20-14-21-39-35(37)38-3)40-31(43)26(25-15-9-10-16-25)17-8-6-4-5-7-13-22-42-33(45)27-18-11-12-19-28(27)34(42)46/h11-12,18-19,24-26,29-30,47-48H,4-10,13-17,20-23H2,1-3H3,(H,40,43)(H,41,44)(H3,37,38,39)/t26?,29-,30-/m0/s1. The molecule has 3 rings (SSSR count). The summed E-state index contributed by atoms with van der Waals surface area (Å²) in [6, 6.07) is 6.12. The van der Waals surface area contributed by atoms with Gasteiger partial charge in [0.15, 0.2) is 5.96 Å². The number of hydrogen-bond acceptors (Lipinski definition) is 7. The molecule has 2 aliphatic rings. The molecule has 1 unspecified atom stereocenters. The van der Waals surface area contributed by atoms with Crippen LogP contribution in [0, 0.1) is 23.2 Å². The molecule has 1 aromatic carbocycles. The maximum atomic E-state index is 13.8. The van der Waals surface area contributed by atoms with Gasteiger partial charge >= 0.3 is 7.12 Å². The SMILES string of the molecule is CNC(=N)NCCC[C@H](NC(=O)C(CCCCCCCCN1C(=O)c2ccccc2C1=O)C1CCCC1)C(=O)N[C@@H](CC(C)C)B(O)O. The molecule has 1 saturated carbocycles. The zero-order chi connectivity index (χ0) is 35.1. The lowest BCUT2D eigenvalue weighted by Gasteiger charge is -2.28. The van der Waals surface area contributed by atoms with Gasteiger partial charge in [-0.1, -0.05) is 70.9 Å². The van der Waals surface area contributed by atoms with Crippen molar-refractivity contribution in [3.8, 4) is 0 Å². The molecule has 1 fully saturated rings. The molecule has 1 aliphatic heterocycles. The number of amides is 4. The first-order valence-corrected chi connectivity index (χ1v) is 18.0. The van der Waals surface area contributed by atoms with Gasteiger partial charge in [-0.05, 0) is 68.9 Å². The van der Waals surface area contributed by atoms with Gasteiger partial charge in [0.05, 0.1) is 17.1 Å². The number of nitrogens with zero attached hydrogens (tertiary/aromatic N) is 1. The first kappa shape index (κ1) is 39.0. The van der Waals surface area contributed by atoms with Gasteiger partial charge in [0, 0.05) is 26.1 Å². The summed E-state index contributed by atoms with van der Waals surface area (Å²) in [7, 11) is -0.0650. The average molecular weight is 669 g/mol. The van der Waals surface area contributed by atoms with Crippen LogP contribution in [0.1, 0.15) is 124 Å². The minimum atomic E-state index is -1.71. The van der Waals surface area contributed by atoms with Crippen molar-refractivity contribution in [2.75, 3.05) is 20.1 Å². The van der Waals surface area contributed by atoms with E-state index in [2.05, 4.69) is 21.3 Å². The summed E-state index contributed by atoms with van der Waals surface area (Å²) in [6.45, 7) is 4.75. The van der Waals surface area contributed by atoms with Gasteiger partial charge in [-0.2, -0.15) is 0 Å². The molecule has 48 heavy (non-hydrogen) atoms. The third-order valence-corrected chi connectivity index (χ3v) is 9.60. The Balaban J connectivity index is 1.49. The van der Waals surface area contributed by atoms with Crippen LogP contribution in [-0.2, 0) is 9.59 Å². The molecule has 0 bridgehead atoms. The second-order valence-corrected chi connectivity index (χ2v) is 13.8. The third-order valence-electron chi connectivity index (χ3n) is 9.60. The van der Waals surface area contributed by atoms with Crippen molar-refractivity contribution < 1.29 is 29.2 Å². The van der Waals surface area contributed by atoms with Crippen molar-refractivity contribution in [1.82, 2.24) is 26.2 Å². The molecule has 12 nitrogen and oxygen atoms in total. The van der Waals surface area contributed by atoms with Crippen LogP contribution in [0.15, 0.2) is 24.3 Å². The molecule has 1 aromatic rings. The predicted molar refractivity (Wildman–Crippen MR) is 187 cm³/mol. The summed E-state index contributed by atoms with van der Waals surface area (Å²) >= 11 is 0. The zero-order valence-corrected chi connectivity index (χ0v) is 29.1. The fourth-order valence-electron chi connectivity index (χ4n) is 6.93. The van der Waals surface area contributed by atoms with E-state index in [1.807, 2.05) is 13.8 Å². The summed E-state index contributed by atoms with van der Waals surface area (Å²) in [5.41, 5.74) is 0.968. The van der Waals surface area contributed by atoms with Gasteiger partial charge in [-0.15, -0.1) is 0 Å². The van der Waals surface area contributed by atoms with Gasteiger partial charge in [0.2, 0.25) is 11.8 Å². The van der Waals surface area contributed by atoms with E-state index in [-0.39, 0.29) is 41.4 Å². The topological polar surface area (TPSA) is 184 Å². The Morgan fingerprint density at radius 1 is 0.896 bits per heavy atom. The van der Waals surface area contributed by atoms with Crippen LogP contribution in [0.5, 0.6) is 0 Å². The van der Waals surface area contributed by atoms with E-state index < -0.39 is 25.0 Å². The maximum Gasteiger partial charge on any atom is 0.475 e. The van der Waals surface area contributed by atoms with Gasteiger partial charge in [0.25, 0.3) is 11.8 Å². The Bertz CT molecular complexity index is 1190. The molecule has 1 heterocycles. The number of imide groups is 1. The van der Waals surface area contributed by atoms with E-state index >= 15 is 0 Å². The molecule has 0 radical (unpaired) electrons. The maximum absolute atomic E-state index is 13.8. The van der Waals surface area contributed by atoms with Gasteiger partial charge in [-0.3, -0.25) is 29.5 Å². The molecular weight excluding hydrogens is 611 g/mol. The highest BCUT2D eigenvalue weighted by atomic mass is 16.4. The van der Waals surface area contributed by atoms with Crippen molar-refractivity contribution in [3.63, 3.8) is 0 Å². The Morgan fingerprint density at radius 2 is 1.50 bits per heavy atom. The van der Waals surface area contributed by atoms with Crippen LogP contribution < -0.4 is 21.3 Å². The van der Waals surface area contributed by atoms with Crippen LogP contribution in [-0.4, -0.2) is 83.8 Å². The van der Waals surface area contributed by atoms with E-state index in [9.17, 15) is 29.2 Å². The number of fused-ring (bicyclic) bond motifs is 1. The Hall–Kier alpha value is -3.45. The predicted octanol–water partition coefficient (Wildman–Crippen LogP) is 3.37. The van der Waals surface area contributed by atoms with Crippen LogP contribution in [0.2, 0.25) is 0 Å². The molecule has 1 aliphatic carbocycles. The van der Waals surface area contributed by atoms with E-state index in [0.29, 0.717) is 43.5 Å². The van der Waals surface area contributed by atoms with Crippen molar-refractivity contribution in [1.29, 1.82) is 5.41 Å². The first-order chi connectivity index (χ1) is 23.0. The zero-order valence-electron chi connectivity index (χ0n) is 29.1. The number of nitrogens with one attached hydrogen (secondary N) is 5. The molecule has 0 aromatic heterocycles. The third kappa shape index (κ3) is 11.9. The fourth-order valence-corrected chi connectivity index (χ4v) is 6.93. The second kappa shape index (κ2) is 20.2. The van der Waals surface area contributed by atoms with Gasteiger partial charge < -0.3 is 31.3 Å². The number of rotatable bonds is 21. The van der Waals surface area contributed by atoms with E-state index in [1.54, 1.807) is 31.3 Å². The van der Waals surface area contributed by atoms with Crippen LogP contribution in [0.4, 0.5) is 0 Å². The number of carbonyl (C=O) groups excluding carboxylic acids is 4. The van der Waals surface area contributed by atoms with Gasteiger partial charge in [0.1, 0.15) is 6.04 Å². The molecule has 0 spiro atoms. The highest BCUT2D eigenvalue weighted by Gasteiger charge is 2.35. The molecule has 13 heteroatoms. The summed E-state index contributed by atoms with van der Waals surface area (Å²) in [6.07, 6.45) is 11.7. The number of unbranched alkanes of at least 4 members (excludes halogenated alkanes) is 5. The molecule has 7 N–H and O–H groups in total. The Labute approximate surface area is 286 Å². The Kier molecular flexibility index (Phi) is 16.4. The molecule has 266 valence electrons. The van der Waals surface area contributed by atoms with Crippen LogP contribution in [0.25, 0.3) is 0 Å².